The topological polar surface area (TPSA) is 120 Å². The molecule has 0 heterocycles. The Balaban J connectivity index is 2.62. The van der Waals surface area contributed by atoms with Gasteiger partial charge in [0.15, 0.2) is 0 Å². The first kappa shape index (κ1) is 20.6. The molecule has 1 aromatic rings. The fourth-order valence-corrected chi connectivity index (χ4v) is 5.93. The molecule has 1 atom stereocenters. The van der Waals surface area contributed by atoms with Crippen molar-refractivity contribution < 1.29 is 39.9 Å². The zero-order valence-corrected chi connectivity index (χ0v) is 14.9. The number of rotatable bonds is 4. The molecule has 0 N–H and O–H groups in total. The lowest BCUT2D eigenvalue weighted by Crippen LogP contribution is -2.49. The van der Waals surface area contributed by atoms with Crippen LogP contribution in [0.2, 0.25) is 0 Å². The van der Waals surface area contributed by atoms with Crippen molar-refractivity contribution in [1.29, 1.82) is 0 Å². The minimum atomic E-state index is -5.16. The normalized spacial score (nSPS) is 18.6. The van der Waals surface area contributed by atoms with E-state index in [0.29, 0.717) is 19.3 Å². The van der Waals surface area contributed by atoms with Crippen molar-refractivity contribution in [2.45, 2.75) is 48.1 Å². The molecular formula is C14H14F3N2O5S2-. The summed E-state index contributed by atoms with van der Waals surface area (Å²) < 4.78 is 88.7. The molecule has 0 saturated heterocycles. The Morgan fingerprint density at radius 3 is 2.31 bits per heavy atom. The van der Waals surface area contributed by atoms with Gasteiger partial charge in [-0.15, -0.1) is 13.2 Å². The van der Waals surface area contributed by atoms with E-state index in [0.717, 1.165) is 24.3 Å². The Labute approximate surface area is 150 Å². The van der Waals surface area contributed by atoms with E-state index in [-0.39, 0.29) is 12.8 Å². The highest BCUT2D eigenvalue weighted by Gasteiger charge is 2.53. The highest BCUT2D eigenvalue weighted by Crippen LogP contribution is 2.39. The zero-order chi connectivity index (χ0) is 19.6. The number of hydrogen-bond donors (Lipinski definition) is 0. The van der Waals surface area contributed by atoms with Crippen molar-refractivity contribution in [2.24, 2.45) is 0 Å². The second-order valence-corrected chi connectivity index (χ2v) is 8.78. The van der Waals surface area contributed by atoms with E-state index in [1.165, 1.54) is 0 Å². The van der Waals surface area contributed by atoms with Gasteiger partial charge in [0.25, 0.3) is 9.84 Å². The van der Waals surface area contributed by atoms with Gasteiger partial charge in [-0.1, -0.05) is 31.4 Å². The molecule has 0 radical (unpaired) electrons. The van der Waals surface area contributed by atoms with Gasteiger partial charge in [-0.05, 0) is 36.1 Å². The van der Waals surface area contributed by atoms with Crippen LogP contribution in [0.3, 0.4) is 0 Å². The fraction of sp³-hybridized carbons (Fsp3) is 0.500. The monoisotopic (exact) mass is 411 g/mol. The number of halogens is 3. The van der Waals surface area contributed by atoms with Gasteiger partial charge in [0.05, 0.1) is 0 Å². The van der Waals surface area contributed by atoms with Gasteiger partial charge in [0, 0.05) is 0 Å². The number of alkyl halides is 3. The summed E-state index contributed by atoms with van der Waals surface area (Å²) in [4.78, 5) is 1.76. The van der Waals surface area contributed by atoms with Crippen molar-refractivity contribution >= 4 is 26.0 Å². The van der Waals surface area contributed by atoms with Gasteiger partial charge in [-0.3, -0.25) is 4.21 Å². The largest absolute Gasteiger partial charge is 0.771 e. The van der Waals surface area contributed by atoms with Crippen LogP contribution in [0.5, 0.6) is 5.75 Å². The van der Waals surface area contributed by atoms with E-state index < -0.39 is 47.7 Å². The second kappa shape index (κ2) is 7.47. The quantitative estimate of drug-likeness (QED) is 0.248. The molecule has 0 amide bonds. The van der Waals surface area contributed by atoms with Crippen molar-refractivity contribution in [3.8, 4) is 5.75 Å². The Morgan fingerprint density at radius 2 is 1.81 bits per heavy atom. The first-order valence-electron chi connectivity index (χ1n) is 7.46. The summed E-state index contributed by atoms with van der Waals surface area (Å²) in [5.74, 6) is -1.04. The average molecular weight is 411 g/mol. The highest BCUT2D eigenvalue weighted by atomic mass is 32.2. The van der Waals surface area contributed by atoms with Crippen LogP contribution in [0.1, 0.15) is 32.1 Å². The third-order valence-electron chi connectivity index (χ3n) is 4.08. The number of nitrogens with zero attached hydrogens (tertiary/aromatic N) is 2. The van der Waals surface area contributed by atoms with E-state index in [1.807, 2.05) is 0 Å². The minimum Gasteiger partial charge on any atom is -0.771 e. The standard InChI is InChI=1S/C14H15F3N2O5S2/c15-14(16,17)24-10-6-2-3-7-11(10)26(22,23)12(19-18)13(25(20)21)8-4-1-5-9-13/h2-3,6-7H,1,4-5,8-9H2,(H,20,21)/p-1. The van der Waals surface area contributed by atoms with Crippen molar-refractivity contribution in [3.63, 3.8) is 0 Å². The smallest absolute Gasteiger partial charge is 0.573 e. The lowest BCUT2D eigenvalue weighted by atomic mass is 9.89. The van der Waals surface area contributed by atoms with E-state index in [9.17, 15) is 35.9 Å². The molecule has 2 rings (SSSR count). The molecule has 26 heavy (non-hydrogen) atoms. The minimum absolute atomic E-state index is 0.121. The number of benzene rings is 1. The van der Waals surface area contributed by atoms with Crippen molar-refractivity contribution in [3.05, 3.63) is 29.8 Å². The number of hydrogen-bond acceptors (Lipinski definition) is 5. The third-order valence-corrected chi connectivity index (χ3v) is 7.35. The number of para-hydroxylation sites is 1. The second-order valence-electron chi connectivity index (χ2n) is 5.69. The van der Waals surface area contributed by atoms with Gasteiger partial charge in [0.2, 0.25) is 0 Å². The predicted octanol–water partition coefficient (Wildman–Crippen LogP) is 2.57. The third kappa shape index (κ3) is 3.98. The van der Waals surface area contributed by atoms with Gasteiger partial charge in [0.1, 0.15) is 15.4 Å². The molecule has 1 unspecified atom stereocenters. The molecule has 12 heteroatoms. The van der Waals surface area contributed by atoms with Crippen LogP contribution < -0.4 is 4.74 Å². The van der Waals surface area contributed by atoms with E-state index in [1.54, 1.807) is 0 Å². The molecule has 0 aliphatic heterocycles. The van der Waals surface area contributed by atoms with Crippen LogP contribution in [0.15, 0.2) is 29.2 Å². The maximum Gasteiger partial charge on any atom is 0.573 e. The molecule has 1 aromatic carbocycles. The summed E-state index contributed by atoms with van der Waals surface area (Å²) in [5.41, 5.74) is 9.29. The van der Waals surface area contributed by atoms with Crippen LogP contribution in [-0.4, -0.2) is 38.1 Å². The van der Waals surface area contributed by atoms with Gasteiger partial charge in [-0.2, -0.15) is 4.79 Å². The Morgan fingerprint density at radius 1 is 1.23 bits per heavy atom. The highest BCUT2D eigenvalue weighted by molar-refractivity contribution is 8.08. The van der Waals surface area contributed by atoms with Gasteiger partial charge < -0.3 is 14.8 Å². The summed E-state index contributed by atoms with van der Waals surface area (Å²) >= 11 is -2.97. The molecule has 0 spiro atoms. The maximum atomic E-state index is 12.9. The molecule has 0 aromatic heterocycles. The Kier molecular flexibility index (Phi) is 5.91. The fourth-order valence-electron chi connectivity index (χ4n) is 2.95. The summed E-state index contributed by atoms with van der Waals surface area (Å²) in [6.07, 6.45) is -4.02. The molecular weight excluding hydrogens is 397 g/mol. The molecule has 144 valence electrons. The Hall–Kier alpha value is -1.75. The molecule has 1 saturated carbocycles. The van der Waals surface area contributed by atoms with E-state index in [4.69, 9.17) is 0 Å². The average Bonchev–Trinajstić information content (AvgIpc) is 2.54. The van der Waals surface area contributed by atoms with Crippen LogP contribution in [-0.2, 0) is 20.9 Å². The molecule has 1 aliphatic carbocycles. The number of ether oxygens (including phenoxy) is 1. The lowest BCUT2D eigenvalue weighted by Gasteiger charge is -2.34. The molecule has 7 nitrogen and oxygen atoms in total. The van der Waals surface area contributed by atoms with Crippen molar-refractivity contribution in [2.75, 3.05) is 0 Å². The maximum absolute atomic E-state index is 12.9. The lowest BCUT2D eigenvalue weighted by molar-refractivity contribution is -0.275. The van der Waals surface area contributed by atoms with Gasteiger partial charge >= 0.3 is 11.4 Å². The van der Waals surface area contributed by atoms with Crippen LogP contribution in [0, 0.1) is 0 Å². The van der Waals surface area contributed by atoms with Crippen molar-refractivity contribution in [1.82, 2.24) is 0 Å². The van der Waals surface area contributed by atoms with Crippen LogP contribution >= 0.6 is 0 Å². The number of sulfone groups is 1. The summed E-state index contributed by atoms with van der Waals surface area (Å²) in [6, 6.07) is 3.87. The first-order chi connectivity index (χ1) is 12.0. The van der Waals surface area contributed by atoms with Crippen LogP contribution in [0.4, 0.5) is 13.2 Å². The van der Waals surface area contributed by atoms with Gasteiger partial charge in [-0.25, -0.2) is 8.42 Å². The SMILES string of the molecule is [N-]=[N+]=C(C1(S(=O)[O-])CCCCC1)S(=O)(=O)c1ccccc1OC(F)(F)F. The Bertz CT molecular complexity index is 858. The zero-order valence-electron chi connectivity index (χ0n) is 13.2. The predicted molar refractivity (Wildman–Crippen MR) is 83.7 cm³/mol. The first-order valence-corrected chi connectivity index (χ1v) is 10.0. The summed E-state index contributed by atoms with van der Waals surface area (Å²) in [6.45, 7) is 0. The summed E-state index contributed by atoms with van der Waals surface area (Å²) in [7, 11) is -4.88. The molecule has 1 aliphatic rings. The van der Waals surface area contributed by atoms with E-state index in [2.05, 4.69) is 9.53 Å². The molecule has 0 bridgehead atoms. The van der Waals surface area contributed by atoms with E-state index >= 15 is 0 Å². The summed E-state index contributed by atoms with van der Waals surface area (Å²) in [5, 5.41) is -1.10. The van der Waals surface area contributed by atoms with Crippen LogP contribution in [0.25, 0.3) is 5.53 Å². The molecule has 1 fully saturated rings.